The van der Waals surface area contributed by atoms with Crippen molar-refractivity contribution in [2.75, 3.05) is 19.6 Å². The molecule has 1 aromatic heterocycles. The van der Waals surface area contributed by atoms with Crippen LogP contribution in [-0.4, -0.2) is 46.7 Å². The van der Waals surface area contributed by atoms with Crippen LogP contribution in [0.4, 0.5) is 0 Å². The summed E-state index contributed by atoms with van der Waals surface area (Å²) in [6.45, 7) is 7.96. The summed E-state index contributed by atoms with van der Waals surface area (Å²) in [7, 11) is 0. The third kappa shape index (κ3) is 3.70. The Morgan fingerprint density at radius 1 is 1.68 bits per heavy atom. The van der Waals surface area contributed by atoms with E-state index in [1.54, 1.807) is 6.20 Å². The highest BCUT2D eigenvalue weighted by Crippen LogP contribution is 2.15. The number of nitrogens with two attached hydrogens (primary N) is 1. The van der Waals surface area contributed by atoms with Gasteiger partial charge in [-0.05, 0) is 32.9 Å². The molecule has 0 bridgehead atoms. The van der Waals surface area contributed by atoms with Crippen molar-refractivity contribution in [2.24, 2.45) is 10.7 Å². The highest BCUT2D eigenvalue weighted by Gasteiger charge is 2.22. The zero-order valence-electron chi connectivity index (χ0n) is 11.8. The lowest BCUT2D eigenvalue weighted by Crippen LogP contribution is -2.42. The third-order valence-corrected chi connectivity index (χ3v) is 3.78. The number of nitrogens with one attached hydrogen (secondary N) is 2. The monoisotopic (exact) mass is 264 g/mol. The summed E-state index contributed by atoms with van der Waals surface area (Å²) in [6.07, 6.45) is 4.32. The maximum Gasteiger partial charge on any atom is 0.188 e. The fourth-order valence-corrected chi connectivity index (χ4v) is 2.53. The van der Waals surface area contributed by atoms with Gasteiger partial charge in [-0.25, -0.2) is 4.99 Å². The van der Waals surface area contributed by atoms with E-state index in [4.69, 9.17) is 5.73 Å². The Morgan fingerprint density at radius 3 is 3.21 bits per heavy atom. The largest absolute Gasteiger partial charge is 0.370 e. The highest BCUT2D eigenvalue weighted by atomic mass is 15.2. The van der Waals surface area contributed by atoms with Crippen molar-refractivity contribution in [3.63, 3.8) is 0 Å². The summed E-state index contributed by atoms with van der Waals surface area (Å²) >= 11 is 0. The first-order valence-corrected chi connectivity index (χ1v) is 6.97. The molecule has 1 aliphatic rings. The number of aromatic nitrogens is 2. The van der Waals surface area contributed by atoms with Crippen molar-refractivity contribution in [1.29, 1.82) is 0 Å². The Labute approximate surface area is 114 Å². The number of aromatic amines is 1. The highest BCUT2D eigenvalue weighted by molar-refractivity contribution is 5.77. The molecule has 106 valence electrons. The average molecular weight is 264 g/mol. The van der Waals surface area contributed by atoms with Crippen LogP contribution in [0.1, 0.15) is 31.0 Å². The summed E-state index contributed by atoms with van der Waals surface area (Å²) in [5, 5.41) is 10.1. The van der Waals surface area contributed by atoms with Gasteiger partial charge < -0.3 is 11.1 Å². The average Bonchev–Trinajstić information content (AvgIpc) is 3.02. The number of likely N-dealkylation sites (N-methyl/N-ethyl adjacent to an activating group) is 1. The van der Waals surface area contributed by atoms with E-state index in [-0.39, 0.29) is 0 Å². The molecule has 1 aromatic rings. The number of aryl methyl sites for hydroxylation is 1. The second-order valence-electron chi connectivity index (χ2n) is 5.03. The van der Waals surface area contributed by atoms with E-state index in [9.17, 15) is 0 Å². The molecule has 1 saturated heterocycles. The molecular formula is C13H24N6. The molecule has 0 radical (unpaired) electrons. The van der Waals surface area contributed by atoms with Gasteiger partial charge in [0.05, 0.1) is 12.7 Å². The van der Waals surface area contributed by atoms with Crippen LogP contribution in [0.5, 0.6) is 0 Å². The summed E-state index contributed by atoms with van der Waals surface area (Å²) in [5.41, 5.74) is 8.03. The topological polar surface area (TPSA) is 82.3 Å². The van der Waals surface area contributed by atoms with Crippen LogP contribution in [0.25, 0.3) is 0 Å². The molecule has 0 aromatic carbocycles. The molecular weight excluding hydrogens is 240 g/mol. The Bertz CT molecular complexity index is 425. The predicted molar refractivity (Wildman–Crippen MR) is 76.9 cm³/mol. The lowest BCUT2D eigenvalue weighted by molar-refractivity contribution is 0.267. The van der Waals surface area contributed by atoms with Gasteiger partial charge in [0, 0.05) is 23.8 Å². The van der Waals surface area contributed by atoms with Gasteiger partial charge >= 0.3 is 0 Å². The number of hydrogen-bond donors (Lipinski definition) is 3. The number of rotatable bonds is 5. The number of H-pyrrole nitrogens is 1. The molecule has 6 heteroatoms. The number of aliphatic imine (C=N–C) groups is 1. The maximum atomic E-state index is 5.90. The van der Waals surface area contributed by atoms with E-state index in [1.165, 1.54) is 19.4 Å². The molecule has 0 spiro atoms. The Hall–Kier alpha value is -1.56. The minimum atomic E-state index is 0.517. The Kier molecular flexibility index (Phi) is 4.79. The fraction of sp³-hybridized carbons (Fsp3) is 0.692. The quantitative estimate of drug-likeness (QED) is 0.537. The van der Waals surface area contributed by atoms with Crippen LogP contribution in [-0.2, 0) is 6.54 Å². The van der Waals surface area contributed by atoms with Crippen LogP contribution >= 0.6 is 0 Å². The molecule has 0 aliphatic carbocycles. The standard InChI is InChI=1S/C13H24N6/c1-3-19-6-4-5-12(19)9-16-13(14)15-7-11-8-17-18-10(11)2/h8,12H,3-7,9H2,1-2H3,(H,17,18)(H3,14,15,16). The molecule has 1 aliphatic heterocycles. The van der Waals surface area contributed by atoms with E-state index in [2.05, 4.69) is 32.3 Å². The van der Waals surface area contributed by atoms with Gasteiger partial charge in [-0.15, -0.1) is 0 Å². The third-order valence-electron chi connectivity index (χ3n) is 3.78. The molecule has 6 nitrogen and oxygen atoms in total. The van der Waals surface area contributed by atoms with E-state index >= 15 is 0 Å². The predicted octanol–water partition coefficient (Wildman–Crippen LogP) is 0.607. The number of likely N-dealkylation sites (tertiary alicyclic amines) is 1. The summed E-state index contributed by atoms with van der Waals surface area (Å²) < 4.78 is 0. The number of nitrogens with zero attached hydrogens (tertiary/aromatic N) is 3. The van der Waals surface area contributed by atoms with Gasteiger partial charge in [0.15, 0.2) is 5.96 Å². The molecule has 1 unspecified atom stereocenters. The second kappa shape index (κ2) is 6.56. The fourth-order valence-electron chi connectivity index (χ4n) is 2.53. The summed E-state index contributed by atoms with van der Waals surface area (Å²) in [6, 6.07) is 0.592. The Morgan fingerprint density at radius 2 is 2.53 bits per heavy atom. The smallest absolute Gasteiger partial charge is 0.188 e. The van der Waals surface area contributed by atoms with Gasteiger partial charge in [-0.2, -0.15) is 5.10 Å². The van der Waals surface area contributed by atoms with Crippen molar-refractivity contribution in [3.8, 4) is 0 Å². The van der Waals surface area contributed by atoms with Crippen molar-refractivity contribution >= 4 is 5.96 Å². The normalized spacial score (nSPS) is 20.9. The van der Waals surface area contributed by atoms with Gasteiger partial charge in [0.2, 0.25) is 0 Å². The molecule has 19 heavy (non-hydrogen) atoms. The van der Waals surface area contributed by atoms with E-state index < -0.39 is 0 Å². The molecule has 2 heterocycles. The van der Waals surface area contributed by atoms with Crippen LogP contribution < -0.4 is 11.1 Å². The van der Waals surface area contributed by atoms with Gasteiger partial charge in [-0.3, -0.25) is 10.00 Å². The first kappa shape index (κ1) is 13.9. The minimum absolute atomic E-state index is 0.517. The van der Waals surface area contributed by atoms with Gasteiger partial charge in [-0.1, -0.05) is 6.92 Å². The zero-order valence-corrected chi connectivity index (χ0v) is 11.8. The van der Waals surface area contributed by atoms with Crippen LogP contribution in [0.3, 0.4) is 0 Å². The summed E-state index contributed by atoms with van der Waals surface area (Å²) in [5.74, 6) is 0.517. The lowest BCUT2D eigenvalue weighted by atomic mass is 10.2. The molecule has 4 N–H and O–H groups in total. The summed E-state index contributed by atoms with van der Waals surface area (Å²) in [4.78, 5) is 6.83. The van der Waals surface area contributed by atoms with Crippen molar-refractivity contribution in [2.45, 2.75) is 39.3 Å². The number of guanidine groups is 1. The number of hydrogen-bond acceptors (Lipinski definition) is 3. The van der Waals surface area contributed by atoms with Crippen molar-refractivity contribution in [1.82, 2.24) is 20.4 Å². The van der Waals surface area contributed by atoms with Gasteiger partial charge in [0.25, 0.3) is 0 Å². The van der Waals surface area contributed by atoms with Crippen molar-refractivity contribution in [3.05, 3.63) is 17.5 Å². The molecule has 1 fully saturated rings. The molecule has 0 saturated carbocycles. The van der Waals surface area contributed by atoms with E-state index in [0.717, 1.165) is 24.3 Å². The van der Waals surface area contributed by atoms with Crippen LogP contribution in [0, 0.1) is 6.92 Å². The van der Waals surface area contributed by atoms with Crippen molar-refractivity contribution < 1.29 is 0 Å². The van der Waals surface area contributed by atoms with Crippen LogP contribution in [0.15, 0.2) is 11.2 Å². The lowest BCUT2D eigenvalue weighted by Gasteiger charge is -2.23. The molecule has 0 amide bonds. The maximum absolute atomic E-state index is 5.90. The van der Waals surface area contributed by atoms with E-state index in [0.29, 0.717) is 18.5 Å². The Balaban J connectivity index is 1.77. The zero-order chi connectivity index (χ0) is 13.7. The second-order valence-corrected chi connectivity index (χ2v) is 5.03. The molecule has 1 atom stereocenters. The first-order valence-electron chi connectivity index (χ1n) is 6.97. The van der Waals surface area contributed by atoms with Gasteiger partial charge in [0.1, 0.15) is 0 Å². The van der Waals surface area contributed by atoms with E-state index in [1.807, 2.05) is 6.92 Å². The SMILES string of the molecule is CCN1CCCC1CNC(N)=NCc1cn[nH]c1C. The minimum Gasteiger partial charge on any atom is -0.370 e. The van der Waals surface area contributed by atoms with Crippen LogP contribution in [0.2, 0.25) is 0 Å². The first-order chi connectivity index (χ1) is 9.20. The molecule has 2 rings (SSSR count).